The van der Waals surface area contributed by atoms with E-state index >= 15 is 0 Å². The van der Waals surface area contributed by atoms with Crippen LogP contribution in [0.3, 0.4) is 0 Å². The SMILES string of the molecule is Cc1cnc2c(c1)nc(-c1ccc(F)c(F)c1)n2CCCN. The first-order valence-corrected chi connectivity index (χ1v) is 7.08. The standard InChI is InChI=1S/C16H16F2N4/c1-10-7-14-16(20-9-10)22(6-2-5-19)15(21-14)11-3-4-12(17)13(18)8-11/h3-4,7-9H,2,5-6,19H2,1H3. The maximum absolute atomic E-state index is 13.5. The Labute approximate surface area is 126 Å². The highest BCUT2D eigenvalue weighted by Crippen LogP contribution is 2.25. The quantitative estimate of drug-likeness (QED) is 0.806. The third kappa shape index (κ3) is 2.57. The minimum Gasteiger partial charge on any atom is -0.330 e. The summed E-state index contributed by atoms with van der Waals surface area (Å²) in [5, 5.41) is 0. The fourth-order valence-corrected chi connectivity index (χ4v) is 2.43. The highest BCUT2D eigenvalue weighted by atomic mass is 19.2. The van der Waals surface area contributed by atoms with E-state index in [2.05, 4.69) is 9.97 Å². The van der Waals surface area contributed by atoms with E-state index in [0.29, 0.717) is 24.5 Å². The molecule has 2 N–H and O–H groups in total. The molecule has 3 aromatic rings. The van der Waals surface area contributed by atoms with Gasteiger partial charge in [0, 0.05) is 18.3 Å². The number of benzene rings is 1. The molecule has 6 heteroatoms. The van der Waals surface area contributed by atoms with Crippen LogP contribution in [0.25, 0.3) is 22.6 Å². The Morgan fingerprint density at radius 1 is 1.18 bits per heavy atom. The van der Waals surface area contributed by atoms with Crippen LogP contribution >= 0.6 is 0 Å². The molecule has 2 aromatic heterocycles. The fraction of sp³-hybridized carbons (Fsp3) is 0.250. The van der Waals surface area contributed by atoms with E-state index in [1.165, 1.54) is 6.07 Å². The zero-order valence-electron chi connectivity index (χ0n) is 12.2. The van der Waals surface area contributed by atoms with E-state index < -0.39 is 11.6 Å². The molecule has 22 heavy (non-hydrogen) atoms. The average Bonchev–Trinajstić information content (AvgIpc) is 2.85. The van der Waals surface area contributed by atoms with Gasteiger partial charge in [-0.2, -0.15) is 0 Å². The molecular weight excluding hydrogens is 286 g/mol. The number of fused-ring (bicyclic) bond motifs is 1. The van der Waals surface area contributed by atoms with Gasteiger partial charge in [-0.05, 0) is 49.7 Å². The van der Waals surface area contributed by atoms with Gasteiger partial charge >= 0.3 is 0 Å². The van der Waals surface area contributed by atoms with Gasteiger partial charge in [0.2, 0.25) is 0 Å². The van der Waals surface area contributed by atoms with Crippen molar-refractivity contribution in [2.45, 2.75) is 19.9 Å². The molecule has 1 aromatic carbocycles. The molecule has 0 aliphatic heterocycles. The number of aromatic nitrogens is 3. The molecule has 0 saturated heterocycles. The van der Waals surface area contributed by atoms with Crippen LogP contribution in [0.1, 0.15) is 12.0 Å². The summed E-state index contributed by atoms with van der Waals surface area (Å²) >= 11 is 0. The number of imidazole rings is 1. The highest BCUT2D eigenvalue weighted by Gasteiger charge is 2.15. The van der Waals surface area contributed by atoms with Gasteiger partial charge < -0.3 is 10.3 Å². The van der Waals surface area contributed by atoms with Crippen LogP contribution in [-0.4, -0.2) is 21.1 Å². The van der Waals surface area contributed by atoms with Gasteiger partial charge in [0.15, 0.2) is 17.3 Å². The Balaban J connectivity index is 2.19. The predicted molar refractivity (Wildman–Crippen MR) is 81.3 cm³/mol. The molecule has 0 radical (unpaired) electrons. The van der Waals surface area contributed by atoms with Crippen molar-refractivity contribution >= 4 is 11.2 Å². The molecule has 0 fully saturated rings. The topological polar surface area (TPSA) is 56.7 Å². The molecule has 4 nitrogen and oxygen atoms in total. The van der Waals surface area contributed by atoms with Crippen molar-refractivity contribution in [3.05, 3.63) is 47.7 Å². The summed E-state index contributed by atoms with van der Waals surface area (Å²) in [7, 11) is 0. The van der Waals surface area contributed by atoms with Crippen molar-refractivity contribution in [1.82, 2.24) is 14.5 Å². The average molecular weight is 302 g/mol. The van der Waals surface area contributed by atoms with Gasteiger partial charge in [0.1, 0.15) is 11.3 Å². The van der Waals surface area contributed by atoms with Crippen molar-refractivity contribution in [3.63, 3.8) is 0 Å². The lowest BCUT2D eigenvalue weighted by molar-refractivity contribution is 0.509. The zero-order chi connectivity index (χ0) is 15.7. The van der Waals surface area contributed by atoms with Crippen molar-refractivity contribution < 1.29 is 8.78 Å². The molecule has 0 bridgehead atoms. The summed E-state index contributed by atoms with van der Waals surface area (Å²) in [6, 6.07) is 5.70. The normalized spacial score (nSPS) is 11.3. The minimum absolute atomic E-state index is 0.520. The van der Waals surface area contributed by atoms with Gasteiger partial charge in [-0.3, -0.25) is 0 Å². The molecule has 0 aliphatic rings. The number of pyridine rings is 1. The largest absolute Gasteiger partial charge is 0.330 e. The Morgan fingerprint density at radius 2 is 2.00 bits per heavy atom. The first-order valence-electron chi connectivity index (χ1n) is 7.08. The summed E-state index contributed by atoms with van der Waals surface area (Å²) in [6.45, 7) is 3.09. The fourth-order valence-electron chi connectivity index (χ4n) is 2.43. The summed E-state index contributed by atoms with van der Waals surface area (Å²) in [5.74, 6) is -1.19. The second-order valence-electron chi connectivity index (χ2n) is 5.21. The molecular formula is C16H16F2N4. The molecule has 0 amide bonds. The van der Waals surface area contributed by atoms with E-state index in [4.69, 9.17) is 5.73 Å². The number of nitrogens with two attached hydrogens (primary N) is 1. The molecule has 3 rings (SSSR count). The smallest absolute Gasteiger partial charge is 0.160 e. The zero-order valence-corrected chi connectivity index (χ0v) is 12.2. The number of halogens is 2. The monoisotopic (exact) mass is 302 g/mol. The molecule has 0 atom stereocenters. The number of nitrogens with zero attached hydrogens (tertiary/aromatic N) is 3. The van der Waals surface area contributed by atoms with Crippen LogP contribution in [0.5, 0.6) is 0 Å². The Bertz CT molecular complexity index is 826. The molecule has 0 unspecified atom stereocenters. The second-order valence-corrected chi connectivity index (χ2v) is 5.21. The van der Waals surface area contributed by atoms with Gasteiger partial charge in [0.05, 0.1) is 0 Å². The number of aryl methyl sites for hydroxylation is 2. The van der Waals surface area contributed by atoms with E-state index in [9.17, 15) is 8.78 Å². The predicted octanol–water partition coefficient (Wildman–Crippen LogP) is 3.03. The number of rotatable bonds is 4. The van der Waals surface area contributed by atoms with Gasteiger partial charge in [-0.25, -0.2) is 18.7 Å². The maximum Gasteiger partial charge on any atom is 0.160 e. The lowest BCUT2D eigenvalue weighted by Gasteiger charge is -2.08. The van der Waals surface area contributed by atoms with Crippen LogP contribution in [0, 0.1) is 18.6 Å². The van der Waals surface area contributed by atoms with Crippen LogP contribution in [-0.2, 0) is 6.54 Å². The maximum atomic E-state index is 13.5. The third-order valence-corrected chi connectivity index (χ3v) is 3.49. The Morgan fingerprint density at radius 3 is 2.73 bits per heavy atom. The molecule has 0 aliphatic carbocycles. The lowest BCUT2D eigenvalue weighted by Crippen LogP contribution is -2.07. The summed E-state index contributed by atoms with van der Waals surface area (Å²) in [6.07, 6.45) is 2.51. The second kappa shape index (κ2) is 5.81. The van der Waals surface area contributed by atoms with Crippen molar-refractivity contribution in [2.75, 3.05) is 6.54 Å². The first-order chi connectivity index (χ1) is 10.6. The van der Waals surface area contributed by atoms with Crippen molar-refractivity contribution in [2.24, 2.45) is 5.73 Å². The van der Waals surface area contributed by atoms with Gasteiger partial charge in [-0.1, -0.05) is 0 Å². The van der Waals surface area contributed by atoms with E-state index in [1.807, 2.05) is 17.6 Å². The van der Waals surface area contributed by atoms with Crippen LogP contribution < -0.4 is 5.73 Å². The molecule has 0 spiro atoms. The van der Waals surface area contributed by atoms with Gasteiger partial charge in [-0.15, -0.1) is 0 Å². The van der Waals surface area contributed by atoms with E-state index in [-0.39, 0.29) is 0 Å². The third-order valence-electron chi connectivity index (χ3n) is 3.49. The van der Waals surface area contributed by atoms with E-state index in [1.54, 1.807) is 6.20 Å². The lowest BCUT2D eigenvalue weighted by atomic mass is 10.2. The first kappa shape index (κ1) is 14.6. The number of hydrogen-bond acceptors (Lipinski definition) is 3. The Hall–Kier alpha value is -2.34. The van der Waals surface area contributed by atoms with Crippen molar-refractivity contribution in [1.29, 1.82) is 0 Å². The summed E-state index contributed by atoms with van der Waals surface area (Å²) in [5.41, 5.74) is 8.55. The summed E-state index contributed by atoms with van der Waals surface area (Å²) < 4.78 is 28.6. The van der Waals surface area contributed by atoms with E-state index in [0.717, 1.165) is 35.3 Å². The van der Waals surface area contributed by atoms with Crippen LogP contribution in [0.4, 0.5) is 8.78 Å². The number of hydrogen-bond donors (Lipinski definition) is 1. The minimum atomic E-state index is -0.890. The molecule has 0 saturated carbocycles. The highest BCUT2D eigenvalue weighted by molar-refractivity contribution is 5.77. The van der Waals surface area contributed by atoms with Gasteiger partial charge in [0.25, 0.3) is 0 Å². The Kier molecular flexibility index (Phi) is 3.85. The van der Waals surface area contributed by atoms with Crippen molar-refractivity contribution in [3.8, 4) is 11.4 Å². The summed E-state index contributed by atoms with van der Waals surface area (Å²) in [4.78, 5) is 8.95. The molecule has 2 heterocycles. The molecule has 114 valence electrons. The van der Waals surface area contributed by atoms with Crippen LogP contribution in [0.15, 0.2) is 30.5 Å². The van der Waals surface area contributed by atoms with Crippen LogP contribution in [0.2, 0.25) is 0 Å².